The Morgan fingerprint density at radius 2 is 2.05 bits per heavy atom. The van der Waals surface area contributed by atoms with Crippen molar-refractivity contribution < 1.29 is 22.4 Å². The molecular formula is C12H8F4N2OS. The highest BCUT2D eigenvalue weighted by Crippen LogP contribution is 2.36. The van der Waals surface area contributed by atoms with Crippen LogP contribution >= 0.6 is 11.3 Å². The molecule has 0 radical (unpaired) electrons. The molecule has 0 fully saturated rings. The smallest absolute Gasteiger partial charge is 0.302 e. The maximum atomic E-state index is 13.9. The zero-order chi connectivity index (χ0) is 14.9. The van der Waals surface area contributed by atoms with Gasteiger partial charge >= 0.3 is 6.18 Å². The van der Waals surface area contributed by atoms with Crippen LogP contribution < -0.4 is 5.32 Å². The minimum atomic E-state index is -4.77. The van der Waals surface area contributed by atoms with E-state index >= 15 is 0 Å². The monoisotopic (exact) mass is 304 g/mol. The number of nitrogens with one attached hydrogen (secondary N) is 1. The number of hydrogen-bond acceptors (Lipinski definition) is 3. The number of amides is 1. The molecule has 0 saturated heterocycles. The maximum Gasteiger partial charge on any atom is 0.419 e. The molecule has 8 heteroatoms. The zero-order valence-electron chi connectivity index (χ0n) is 10.1. The van der Waals surface area contributed by atoms with Gasteiger partial charge < -0.3 is 5.32 Å². The van der Waals surface area contributed by atoms with Crippen molar-refractivity contribution in [1.82, 2.24) is 4.98 Å². The molecule has 0 spiro atoms. The number of alkyl halides is 3. The van der Waals surface area contributed by atoms with Crippen molar-refractivity contribution >= 4 is 22.4 Å². The first-order valence-corrected chi connectivity index (χ1v) is 6.26. The van der Waals surface area contributed by atoms with Crippen molar-refractivity contribution in [3.63, 3.8) is 0 Å². The summed E-state index contributed by atoms with van der Waals surface area (Å²) in [6.07, 6.45) is -4.77. The van der Waals surface area contributed by atoms with Crippen molar-refractivity contribution in [2.45, 2.75) is 13.1 Å². The van der Waals surface area contributed by atoms with Crippen LogP contribution in [0.15, 0.2) is 23.6 Å². The van der Waals surface area contributed by atoms with Gasteiger partial charge in [0.05, 0.1) is 11.3 Å². The van der Waals surface area contributed by atoms with Crippen LogP contribution in [0.25, 0.3) is 11.3 Å². The largest absolute Gasteiger partial charge is 0.419 e. The summed E-state index contributed by atoms with van der Waals surface area (Å²) in [7, 11) is 0. The number of anilines is 1. The van der Waals surface area contributed by atoms with Gasteiger partial charge in [-0.05, 0) is 12.1 Å². The van der Waals surface area contributed by atoms with Crippen molar-refractivity contribution in [3.8, 4) is 11.3 Å². The van der Waals surface area contributed by atoms with Crippen LogP contribution in [0.3, 0.4) is 0 Å². The highest BCUT2D eigenvalue weighted by atomic mass is 32.1. The van der Waals surface area contributed by atoms with Gasteiger partial charge in [-0.2, -0.15) is 13.2 Å². The Balaban J connectivity index is 2.43. The van der Waals surface area contributed by atoms with Crippen molar-refractivity contribution in [1.29, 1.82) is 0 Å². The predicted octanol–water partition coefficient (Wildman–Crippen LogP) is 3.93. The molecule has 3 nitrogen and oxygen atoms in total. The average Bonchev–Trinajstić information content (AvgIpc) is 2.75. The van der Waals surface area contributed by atoms with E-state index in [2.05, 4.69) is 10.3 Å². The molecule has 0 unspecified atom stereocenters. The Bertz CT molecular complexity index is 651. The van der Waals surface area contributed by atoms with Crippen LogP contribution in [0.4, 0.5) is 22.7 Å². The number of hydrogen-bond donors (Lipinski definition) is 1. The molecule has 0 saturated carbocycles. The van der Waals surface area contributed by atoms with E-state index in [1.807, 2.05) is 0 Å². The average molecular weight is 304 g/mol. The van der Waals surface area contributed by atoms with Gasteiger partial charge in [0.2, 0.25) is 5.91 Å². The Labute approximate surface area is 115 Å². The molecule has 106 valence electrons. The van der Waals surface area contributed by atoms with E-state index < -0.39 is 17.6 Å². The number of halogens is 4. The van der Waals surface area contributed by atoms with Gasteiger partial charge in [-0.15, -0.1) is 11.3 Å². The fourth-order valence-electron chi connectivity index (χ4n) is 1.55. The summed E-state index contributed by atoms with van der Waals surface area (Å²) in [6, 6.07) is 2.98. The lowest BCUT2D eigenvalue weighted by Crippen LogP contribution is -2.09. The molecule has 0 atom stereocenters. The van der Waals surface area contributed by atoms with Gasteiger partial charge in [0.25, 0.3) is 0 Å². The summed E-state index contributed by atoms with van der Waals surface area (Å²) >= 11 is 1.00. The Hall–Kier alpha value is -1.96. The number of thiazole rings is 1. The van der Waals surface area contributed by atoms with Crippen LogP contribution in [0.2, 0.25) is 0 Å². The number of rotatable bonds is 2. The van der Waals surface area contributed by atoms with Gasteiger partial charge in [-0.25, -0.2) is 9.37 Å². The molecule has 20 heavy (non-hydrogen) atoms. The maximum absolute atomic E-state index is 13.9. The summed E-state index contributed by atoms with van der Waals surface area (Å²) < 4.78 is 51.7. The zero-order valence-corrected chi connectivity index (χ0v) is 10.9. The van der Waals surface area contributed by atoms with Crippen LogP contribution in [0, 0.1) is 5.82 Å². The molecule has 1 aromatic heterocycles. The van der Waals surface area contributed by atoms with E-state index in [0.29, 0.717) is 6.07 Å². The number of nitrogens with zero attached hydrogens (tertiary/aromatic N) is 1. The summed E-state index contributed by atoms with van der Waals surface area (Å²) in [5, 5.41) is 3.96. The van der Waals surface area contributed by atoms with Crippen LogP contribution in [-0.2, 0) is 11.0 Å². The van der Waals surface area contributed by atoms with E-state index in [1.54, 1.807) is 0 Å². The number of carbonyl (C=O) groups is 1. The van der Waals surface area contributed by atoms with E-state index in [-0.39, 0.29) is 22.3 Å². The van der Waals surface area contributed by atoms with E-state index in [4.69, 9.17) is 0 Å². The molecule has 1 aromatic carbocycles. The molecule has 1 N–H and O–H groups in total. The third kappa shape index (κ3) is 2.96. The lowest BCUT2D eigenvalue weighted by molar-refractivity contribution is -0.139. The molecular weight excluding hydrogens is 296 g/mol. The summed E-state index contributed by atoms with van der Waals surface area (Å²) in [5.74, 6) is -1.74. The lowest BCUT2D eigenvalue weighted by Gasteiger charge is -2.09. The number of benzene rings is 1. The fraction of sp³-hybridized carbons (Fsp3) is 0.167. The first-order chi connectivity index (χ1) is 9.29. The molecule has 1 amide bonds. The van der Waals surface area contributed by atoms with Gasteiger partial charge in [0.1, 0.15) is 5.82 Å². The molecule has 1 heterocycles. The highest BCUT2D eigenvalue weighted by Gasteiger charge is 2.35. The fourth-order valence-corrected chi connectivity index (χ4v) is 2.31. The predicted molar refractivity (Wildman–Crippen MR) is 66.8 cm³/mol. The van der Waals surface area contributed by atoms with Crippen molar-refractivity contribution in [3.05, 3.63) is 35.0 Å². The topological polar surface area (TPSA) is 42.0 Å². The first-order valence-electron chi connectivity index (χ1n) is 5.38. The number of aromatic nitrogens is 1. The molecule has 0 aliphatic rings. The second kappa shape index (κ2) is 5.20. The van der Waals surface area contributed by atoms with E-state index in [9.17, 15) is 22.4 Å². The number of carbonyl (C=O) groups excluding carboxylic acids is 1. The van der Waals surface area contributed by atoms with E-state index in [1.165, 1.54) is 18.4 Å². The molecule has 0 aliphatic heterocycles. The minimum absolute atomic E-state index is 0.0438. The third-order valence-corrected chi connectivity index (χ3v) is 3.12. The molecule has 0 aliphatic carbocycles. The lowest BCUT2D eigenvalue weighted by atomic mass is 10.1. The van der Waals surface area contributed by atoms with Crippen LogP contribution in [0.1, 0.15) is 12.5 Å². The standard InChI is InChI=1S/C12H8F4N2OS/c1-6(19)17-11-18-9(5-20-11)7-3-2-4-8(10(7)13)12(14,15)16/h2-5H,1H3,(H,17,18,19). The SMILES string of the molecule is CC(=O)Nc1nc(-c2cccc(C(F)(F)F)c2F)cs1. The second-order valence-corrected chi connectivity index (χ2v) is 4.74. The Morgan fingerprint density at radius 3 is 2.65 bits per heavy atom. The summed E-state index contributed by atoms with van der Waals surface area (Å²) in [5.41, 5.74) is -1.56. The second-order valence-electron chi connectivity index (χ2n) is 3.88. The normalized spacial score (nSPS) is 11.4. The third-order valence-electron chi connectivity index (χ3n) is 2.37. The Morgan fingerprint density at radius 1 is 1.35 bits per heavy atom. The Kier molecular flexibility index (Phi) is 3.76. The summed E-state index contributed by atoms with van der Waals surface area (Å²) in [4.78, 5) is 14.7. The van der Waals surface area contributed by atoms with Gasteiger partial charge in [0, 0.05) is 17.9 Å². The van der Waals surface area contributed by atoms with Crippen LogP contribution in [-0.4, -0.2) is 10.9 Å². The quantitative estimate of drug-likeness (QED) is 0.854. The van der Waals surface area contributed by atoms with Crippen molar-refractivity contribution in [2.24, 2.45) is 0 Å². The van der Waals surface area contributed by atoms with Crippen LogP contribution in [0.5, 0.6) is 0 Å². The van der Waals surface area contributed by atoms with Gasteiger partial charge in [0.15, 0.2) is 5.13 Å². The van der Waals surface area contributed by atoms with Crippen molar-refractivity contribution in [2.75, 3.05) is 5.32 Å². The molecule has 2 aromatic rings. The minimum Gasteiger partial charge on any atom is -0.302 e. The molecule has 0 bridgehead atoms. The van der Waals surface area contributed by atoms with Gasteiger partial charge in [-0.1, -0.05) is 6.07 Å². The highest BCUT2D eigenvalue weighted by molar-refractivity contribution is 7.14. The molecule has 2 rings (SSSR count). The first kappa shape index (κ1) is 14.4. The van der Waals surface area contributed by atoms with Gasteiger partial charge in [-0.3, -0.25) is 4.79 Å². The van der Waals surface area contributed by atoms with E-state index in [0.717, 1.165) is 17.4 Å². The summed E-state index contributed by atoms with van der Waals surface area (Å²) in [6.45, 7) is 1.27.